The Balaban J connectivity index is 1.56. The van der Waals surface area contributed by atoms with E-state index in [2.05, 4.69) is 15.6 Å². The first-order valence-corrected chi connectivity index (χ1v) is 9.14. The monoisotopic (exact) mass is 407 g/mol. The van der Waals surface area contributed by atoms with Gasteiger partial charge in [0.15, 0.2) is 0 Å². The summed E-state index contributed by atoms with van der Waals surface area (Å²) in [6.07, 6.45) is 3.70. The van der Waals surface area contributed by atoms with E-state index in [4.69, 9.17) is 16.7 Å². The molecule has 29 heavy (non-hydrogen) atoms. The lowest BCUT2D eigenvalue weighted by atomic mass is 10.1. The second-order valence-corrected chi connectivity index (χ2v) is 6.59. The molecule has 0 aliphatic rings. The number of nitrogens with zero attached hydrogens (tertiary/aromatic N) is 1. The summed E-state index contributed by atoms with van der Waals surface area (Å²) in [6, 6.07) is 18.2. The molecule has 0 spiro atoms. The lowest BCUT2D eigenvalue weighted by Gasteiger charge is -2.05. The molecule has 0 bridgehead atoms. The molecule has 0 aliphatic carbocycles. The molecule has 0 saturated carbocycles. The first-order valence-electron chi connectivity index (χ1n) is 8.76. The molecule has 3 aromatic rings. The van der Waals surface area contributed by atoms with Gasteiger partial charge < -0.3 is 15.7 Å². The summed E-state index contributed by atoms with van der Waals surface area (Å²) < 4.78 is 0. The third-order valence-corrected chi connectivity index (χ3v) is 4.29. The Bertz CT molecular complexity index is 1010. The highest BCUT2D eigenvalue weighted by molar-refractivity contribution is 6.30. The number of carbonyl (C=O) groups is 2. The van der Waals surface area contributed by atoms with Gasteiger partial charge in [-0.15, -0.1) is 0 Å². The largest absolute Gasteiger partial charge is 0.465 e. The number of benzene rings is 2. The number of anilines is 1. The zero-order valence-electron chi connectivity index (χ0n) is 15.3. The van der Waals surface area contributed by atoms with Crippen molar-refractivity contribution in [3.8, 4) is 11.1 Å². The van der Waals surface area contributed by atoms with E-state index in [1.807, 2.05) is 36.4 Å². The van der Waals surface area contributed by atoms with Crippen molar-refractivity contribution < 1.29 is 14.7 Å². The van der Waals surface area contributed by atoms with Crippen LogP contribution in [-0.4, -0.2) is 22.1 Å². The highest BCUT2D eigenvalue weighted by Crippen LogP contribution is 2.21. The van der Waals surface area contributed by atoms with Crippen molar-refractivity contribution in [3.63, 3.8) is 0 Å². The molecule has 7 heteroatoms. The second-order valence-electron chi connectivity index (χ2n) is 6.16. The molecule has 2 amide bonds. The fourth-order valence-corrected chi connectivity index (χ4v) is 2.67. The quantitative estimate of drug-likeness (QED) is 0.511. The van der Waals surface area contributed by atoms with Crippen molar-refractivity contribution >= 4 is 35.4 Å². The normalized spacial score (nSPS) is 10.7. The number of rotatable bonds is 6. The van der Waals surface area contributed by atoms with Gasteiger partial charge in [0.2, 0.25) is 5.91 Å². The summed E-state index contributed by atoms with van der Waals surface area (Å²) in [4.78, 5) is 26.9. The Morgan fingerprint density at radius 2 is 1.66 bits per heavy atom. The Kier molecular flexibility index (Phi) is 6.60. The van der Waals surface area contributed by atoms with Gasteiger partial charge in [-0.05, 0) is 47.5 Å². The van der Waals surface area contributed by atoms with E-state index < -0.39 is 6.09 Å². The number of halogens is 1. The molecular weight excluding hydrogens is 390 g/mol. The number of pyridine rings is 1. The van der Waals surface area contributed by atoms with Crippen molar-refractivity contribution in [3.05, 3.63) is 89.2 Å². The highest BCUT2D eigenvalue weighted by Gasteiger charge is 2.01. The zero-order chi connectivity index (χ0) is 20.6. The first-order chi connectivity index (χ1) is 14.0. The van der Waals surface area contributed by atoms with Gasteiger partial charge in [0.1, 0.15) is 0 Å². The van der Waals surface area contributed by atoms with Crippen LogP contribution in [-0.2, 0) is 11.3 Å². The van der Waals surface area contributed by atoms with Crippen molar-refractivity contribution in [1.29, 1.82) is 0 Å². The molecule has 0 radical (unpaired) electrons. The number of hydrogen-bond donors (Lipinski definition) is 3. The number of hydrogen-bond acceptors (Lipinski definition) is 3. The number of amides is 2. The molecule has 0 fully saturated rings. The lowest BCUT2D eigenvalue weighted by Crippen LogP contribution is -2.19. The van der Waals surface area contributed by atoms with Crippen LogP contribution in [0.2, 0.25) is 5.02 Å². The molecule has 0 aliphatic heterocycles. The summed E-state index contributed by atoms with van der Waals surface area (Å²) >= 11 is 5.90. The molecule has 3 rings (SSSR count). The number of aromatic nitrogens is 1. The van der Waals surface area contributed by atoms with E-state index in [0.717, 1.165) is 16.7 Å². The van der Waals surface area contributed by atoms with Crippen LogP contribution in [0.4, 0.5) is 10.5 Å². The minimum atomic E-state index is -1.08. The van der Waals surface area contributed by atoms with Gasteiger partial charge in [0.25, 0.3) is 0 Å². The van der Waals surface area contributed by atoms with E-state index in [-0.39, 0.29) is 12.5 Å². The molecular formula is C22H18ClN3O3. The zero-order valence-corrected chi connectivity index (χ0v) is 16.1. The van der Waals surface area contributed by atoms with Gasteiger partial charge in [-0.1, -0.05) is 41.9 Å². The van der Waals surface area contributed by atoms with Crippen LogP contribution in [0.25, 0.3) is 17.2 Å². The smallest absolute Gasteiger partial charge is 0.404 e. The number of nitrogens with one attached hydrogen (secondary N) is 2. The summed E-state index contributed by atoms with van der Waals surface area (Å²) in [5.74, 6) is -0.287. The van der Waals surface area contributed by atoms with Gasteiger partial charge >= 0.3 is 6.09 Å². The van der Waals surface area contributed by atoms with E-state index in [1.54, 1.807) is 36.5 Å². The Morgan fingerprint density at radius 1 is 0.966 bits per heavy atom. The summed E-state index contributed by atoms with van der Waals surface area (Å²) in [6.45, 7) is 0.209. The minimum absolute atomic E-state index is 0.209. The standard InChI is InChI=1S/C22H18ClN3O3/c23-18-6-3-16(4-7-18)17-5-10-19(24-14-17)11-12-21(27)26-20-8-1-15(2-9-20)13-25-22(28)29/h1-12,14,25H,13H2,(H,26,27)(H,28,29)/b12-11+. The number of carboxylic acid groups (broad SMARTS) is 1. The summed E-state index contributed by atoms with van der Waals surface area (Å²) in [5.41, 5.74) is 4.04. The maximum Gasteiger partial charge on any atom is 0.404 e. The molecule has 6 nitrogen and oxygen atoms in total. The molecule has 1 aromatic heterocycles. The third kappa shape index (κ3) is 6.19. The van der Waals surface area contributed by atoms with Crippen LogP contribution in [0.5, 0.6) is 0 Å². The highest BCUT2D eigenvalue weighted by atomic mass is 35.5. The Morgan fingerprint density at radius 3 is 2.28 bits per heavy atom. The SMILES string of the molecule is O=C(O)NCc1ccc(NC(=O)/C=C/c2ccc(-c3ccc(Cl)cc3)cn2)cc1. The first kappa shape index (κ1) is 20.1. The van der Waals surface area contributed by atoms with Gasteiger partial charge in [-0.2, -0.15) is 0 Å². The van der Waals surface area contributed by atoms with Crippen molar-refractivity contribution in [1.82, 2.24) is 10.3 Å². The lowest BCUT2D eigenvalue weighted by molar-refractivity contribution is -0.111. The molecule has 3 N–H and O–H groups in total. The van der Waals surface area contributed by atoms with E-state index >= 15 is 0 Å². The number of carbonyl (C=O) groups excluding carboxylic acids is 1. The molecule has 0 saturated heterocycles. The Labute approximate surface area is 172 Å². The van der Waals surface area contributed by atoms with Gasteiger partial charge in [0.05, 0.1) is 5.69 Å². The molecule has 2 aromatic carbocycles. The minimum Gasteiger partial charge on any atom is -0.465 e. The van der Waals surface area contributed by atoms with Crippen molar-refractivity contribution in [2.75, 3.05) is 5.32 Å². The van der Waals surface area contributed by atoms with Gasteiger partial charge in [-0.25, -0.2) is 4.79 Å². The Hall–Kier alpha value is -3.64. The summed E-state index contributed by atoms with van der Waals surface area (Å²) in [5, 5.41) is 14.3. The molecule has 1 heterocycles. The van der Waals surface area contributed by atoms with Gasteiger partial charge in [-0.3, -0.25) is 9.78 Å². The predicted octanol–water partition coefficient (Wildman–Crippen LogP) is 4.82. The fourth-order valence-electron chi connectivity index (χ4n) is 2.55. The fraction of sp³-hybridized carbons (Fsp3) is 0.0455. The van der Waals surface area contributed by atoms with Crippen LogP contribution in [0.3, 0.4) is 0 Å². The summed E-state index contributed by atoms with van der Waals surface area (Å²) in [7, 11) is 0. The molecule has 0 atom stereocenters. The molecule has 146 valence electrons. The van der Waals surface area contributed by atoms with Crippen molar-refractivity contribution in [2.24, 2.45) is 0 Å². The van der Waals surface area contributed by atoms with E-state index in [1.165, 1.54) is 6.08 Å². The van der Waals surface area contributed by atoms with Crippen LogP contribution < -0.4 is 10.6 Å². The van der Waals surface area contributed by atoms with E-state index in [0.29, 0.717) is 16.4 Å². The van der Waals surface area contributed by atoms with Crippen LogP contribution >= 0.6 is 11.6 Å². The van der Waals surface area contributed by atoms with Crippen LogP contribution in [0, 0.1) is 0 Å². The van der Waals surface area contributed by atoms with Crippen LogP contribution in [0.1, 0.15) is 11.3 Å². The molecule has 0 unspecified atom stereocenters. The maximum atomic E-state index is 12.1. The average molecular weight is 408 g/mol. The average Bonchev–Trinajstić information content (AvgIpc) is 2.73. The van der Waals surface area contributed by atoms with Gasteiger partial charge in [0, 0.05) is 35.1 Å². The second kappa shape index (κ2) is 9.52. The maximum absolute atomic E-state index is 12.1. The predicted molar refractivity (Wildman–Crippen MR) is 114 cm³/mol. The topological polar surface area (TPSA) is 91.3 Å². The third-order valence-electron chi connectivity index (χ3n) is 4.03. The van der Waals surface area contributed by atoms with Crippen molar-refractivity contribution in [2.45, 2.75) is 6.54 Å². The van der Waals surface area contributed by atoms with E-state index in [9.17, 15) is 9.59 Å². The van der Waals surface area contributed by atoms with Crippen LogP contribution in [0.15, 0.2) is 72.9 Å².